The Morgan fingerprint density at radius 1 is 1.07 bits per heavy atom. The van der Waals surface area contributed by atoms with Crippen LogP contribution in [0.5, 0.6) is 0 Å². The van der Waals surface area contributed by atoms with Crippen molar-refractivity contribution in [1.82, 2.24) is 0 Å². The van der Waals surface area contributed by atoms with Gasteiger partial charge < -0.3 is 18.9 Å². The number of hydrogen-bond acceptors (Lipinski definition) is 5. The molecule has 0 bridgehead atoms. The average molecular weight is 379 g/mol. The zero-order valence-electron chi connectivity index (χ0n) is 16.9. The Morgan fingerprint density at radius 3 is 2.56 bits per heavy atom. The van der Waals surface area contributed by atoms with Gasteiger partial charge in [-0.3, -0.25) is 4.79 Å². The molecule has 0 aromatic heterocycles. The molecule has 5 heteroatoms. The fraction of sp³-hybridized carbons (Fsp3) is 0.955. The van der Waals surface area contributed by atoms with Crippen molar-refractivity contribution in [2.24, 2.45) is 16.7 Å². The Hall–Kier alpha value is -0.650. The van der Waals surface area contributed by atoms with Crippen LogP contribution in [0.1, 0.15) is 72.1 Å². The van der Waals surface area contributed by atoms with Crippen molar-refractivity contribution in [2.75, 3.05) is 6.61 Å². The summed E-state index contributed by atoms with van der Waals surface area (Å²) in [5.74, 6) is 0.436. The highest BCUT2D eigenvalue weighted by Gasteiger charge is 2.61. The highest BCUT2D eigenvalue weighted by atomic mass is 16.6. The molecule has 0 aromatic rings. The maximum atomic E-state index is 13.4. The molecule has 3 aliphatic heterocycles. The van der Waals surface area contributed by atoms with Crippen molar-refractivity contribution in [1.29, 1.82) is 0 Å². The van der Waals surface area contributed by atoms with Gasteiger partial charge in [-0.25, -0.2) is 0 Å². The molecule has 0 N–H and O–H groups in total. The first-order valence-corrected chi connectivity index (χ1v) is 11.1. The molecule has 2 saturated carbocycles. The number of fused-ring (bicyclic) bond motifs is 2. The Morgan fingerprint density at radius 2 is 1.85 bits per heavy atom. The van der Waals surface area contributed by atoms with Gasteiger partial charge in [0.05, 0.1) is 48.6 Å². The number of hydrogen-bond donors (Lipinski definition) is 0. The molecule has 152 valence electrons. The zero-order valence-corrected chi connectivity index (χ0v) is 16.9. The van der Waals surface area contributed by atoms with Crippen LogP contribution in [0.2, 0.25) is 0 Å². The van der Waals surface area contributed by atoms with Crippen LogP contribution >= 0.6 is 0 Å². The number of rotatable bonds is 7. The van der Waals surface area contributed by atoms with Gasteiger partial charge in [-0.15, -0.1) is 0 Å². The lowest BCUT2D eigenvalue weighted by Gasteiger charge is -2.46. The highest BCUT2D eigenvalue weighted by Crippen LogP contribution is 2.58. The van der Waals surface area contributed by atoms with Gasteiger partial charge in [0.2, 0.25) is 0 Å². The summed E-state index contributed by atoms with van der Waals surface area (Å²) < 4.78 is 23.2. The standard InChI is InChI=1S/C22H34O5/c1-4-14-19(25-14)11-22(3,21(2)8-7-16-18(10-21)27-16)20(23)24-12-13-5-6-15-17(9-13)26-15/h13-19H,4-12H2,1-3H3. The maximum absolute atomic E-state index is 13.4. The number of epoxide rings is 3. The van der Waals surface area contributed by atoms with Crippen LogP contribution in [-0.2, 0) is 23.7 Å². The molecular weight excluding hydrogens is 344 g/mol. The predicted octanol–water partition coefficient (Wildman–Crippen LogP) is 3.63. The van der Waals surface area contributed by atoms with E-state index in [0.29, 0.717) is 43.0 Å². The topological polar surface area (TPSA) is 63.9 Å². The minimum atomic E-state index is -0.508. The fourth-order valence-electron chi connectivity index (χ4n) is 5.81. The summed E-state index contributed by atoms with van der Waals surface area (Å²) in [5.41, 5.74) is -0.588. The van der Waals surface area contributed by atoms with Gasteiger partial charge in [0.1, 0.15) is 0 Å². The van der Waals surface area contributed by atoms with Crippen LogP contribution in [-0.4, -0.2) is 49.2 Å². The van der Waals surface area contributed by atoms with Crippen LogP contribution in [0.15, 0.2) is 0 Å². The number of carbonyl (C=O) groups is 1. The van der Waals surface area contributed by atoms with E-state index in [-0.39, 0.29) is 17.5 Å². The minimum Gasteiger partial charge on any atom is -0.465 e. The summed E-state index contributed by atoms with van der Waals surface area (Å²) in [4.78, 5) is 13.4. The van der Waals surface area contributed by atoms with E-state index in [1.165, 1.54) is 0 Å². The first-order valence-electron chi connectivity index (χ1n) is 11.1. The smallest absolute Gasteiger partial charge is 0.312 e. The first kappa shape index (κ1) is 18.4. The van der Waals surface area contributed by atoms with Gasteiger partial charge in [0.15, 0.2) is 0 Å². The molecule has 5 fully saturated rings. The summed E-state index contributed by atoms with van der Waals surface area (Å²) in [7, 11) is 0. The van der Waals surface area contributed by atoms with E-state index in [2.05, 4.69) is 20.8 Å². The third-order valence-electron chi connectivity index (χ3n) is 8.36. The Labute approximate surface area is 162 Å². The fourth-order valence-corrected chi connectivity index (χ4v) is 5.81. The van der Waals surface area contributed by atoms with Gasteiger partial charge in [-0.05, 0) is 69.6 Å². The second-order valence-corrected chi connectivity index (χ2v) is 10.2. The van der Waals surface area contributed by atoms with E-state index in [1.807, 2.05) is 0 Å². The molecule has 0 spiro atoms. The van der Waals surface area contributed by atoms with E-state index in [4.69, 9.17) is 18.9 Å². The Bertz CT molecular complexity index is 608. The van der Waals surface area contributed by atoms with Crippen molar-refractivity contribution in [3.63, 3.8) is 0 Å². The monoisotopic (exact) mass is 378 g/mol. The molecule has 0 aromatic carbocycles. The van der Waals surface area contributed by atoms with Gasteiger partial charge in [-0.1, -0.05) is 13.8 Å². The molecule has 3 heterocycles. The van der Waals surface area contributed by atoms with Crippen molar-refractivity contribution < 1.29 is 23.7 Å². The molecule has 9 atom stereocenters. The Kier molecular flexibility index (Phi) is 4.38. The molecule has 5 aliphatic rings. The van der Waals surface area contributed by atoms with Crippen LogP contribution in [0.3, 0.4) is 0 Å². The number of esters is 1. The van der Waals surface area contributed by atoms with Crippen molar-refractivity contribution in [3.8, 4) is 0 Å². The summed E-state index contributed by atoms with van der Waals surface area (Å²) in [6.07, 6.45) is 10.4. The third kappa shape index (κ3) is 3.34. The molecule has 27 heavy (non-hydrogen) atoms. The number of ether oxygens (including phenoxy) is 4. The van der Waals surface area contributed by atoms with Crippen molar-refractivity contribution in [3.05, 3.63) is 0 Å². The molecule has 5 rings (SSSR count). The SMILES string of the molecule is CCC1OC1CC(C)(C(=O)OCC1CCC2OC2C1)C1(C)CCC2OC2C1. The maximum Gasteiger partial charge on any atom is 0.312 e. The summed E-state index contributed by atoms with van der Waals surface area (Å²) in [6.45, 7) is 7.11. The molecular formula is C22H34O5. The average Bonchev–Trinajstić information content (AvgIpc) is 3.52. The molecule has 9 unspecified atom stereocenters. The zero-order chi connectivity index (χ0) is 18.8. The molecule has 0 amide bonds. The third-order valence-corrected chi connectivity index (χ3v) is 8.36. The largest absolute Gasteiger partial charge is 0.465 e. The predicted molar refractivity (Wildman–Crippen MR) is 99.3 cm³/mol. The lowest BCUT2D eigenvalue weighted by molar-refractivity contribution is -0.168. The van der Waals surface area contributed by atoms with E-state index < -0.39 is 5.41 Å². The number of carbonyl (C=O) groups excluding carboxylic acids is 1. The lowest BCUT2D eigenvalue weighted by atomic mass is 9.57. The highest BCUT2D eigenvalue weighted by molar-refractivity contribution is 5.77. The van der Waals surface area contributed by atoms with Gasteiger partial charge in [-0.2, -0.15) is 0 Å². The summed E-state index contributed by atoms with van der Waals surface area (Å²) >= 11 is 0. The lowest BCUT2D eigenvalue weighted by Crippen LogP contribution is -2.48. The Balaban J connectivity index is 1.27. The summed E-state index contributed by atoms with van der Waals surface area (Å²) in [6, 6.07) is 0. The molecule has 3 saturated heterocycles. The quantitative estimate of drug-likeness (QED) is 0.500. The molecule has 5 nitrogen and oxygen atoms in total. The molecule has 0 radical (unpaired) electrons. The van der Waals surface area contributed by atoms with Crippen molar-refractivity contribution >= 4 is 5.97 Å². The van der Waals surface area contributed by atoms with E-state index in [1.54, 1.807) is 0 Å². The van der Waals surface area contributed by atoms with E-state index >= 15 is 0 Å². The van der Waals surface area contributed by atoms with Gasteiger partial charge in [0.25, 0.3) is 0 Å². The van der Waals surface area contributed by atoms with E-state index in [0.717, 1.165) is 51.4 Å². The normalized spacial score (nSPS) is 49.4. The van der Waals surface area contributed by atoms with Gasteiger partial charge in [0, 0.05) is 0 Å². The molecule has 2 aliphatic carbocycles. The van der Waals surface area contributed by atoms with Crippen LogP contribution in [0, 0.1) is 16.7 Å². The van der Waals surface area contributed by atoms with E-state index in [9.17, 15) is 4.79 Å². The van der Waals surface area contributed by atoms with Crippen molar-refractivity contribution in [2.45, 2.75) is 109 Å². The second-order valence-electron chi connectivity index (χ2n) is 10.2. The minimum absolute atomic E-state index is 0.0201. The van der Waals surface area contributed by atoms with Crippen LogP contribution in [0.4, 0.5) is 0 Å². The summed E-state index contributed by atoms with van der Waals surface area (Å²) in [5, 5.41) is 0. The van der Waals surface area contributed by atoms with Crippen LogP contribution < -0.4 is 0 Å². The van der Waals surface area contributed by atoms with Crippen LogP contribution in [0.25, 0.3) is 0 Å². The second kappa shape index (κ2) is 6.43. The first-order chi connectivity index (χ1) is 12.9. The van der Waals surface area contributed by atoms with Gasteiger partial charge >= 0.3 is 5.97 Å².